The van der Waals surface area contributed by atoms with Crippen molar-refractivity contribution in [3.63, 3.8) is 0 Å². The van der Waals surface area contributed by atoms with Crippen molar-refractivity contribution >= 4 is 29.1 Å². The van der Waals surface area contributed by atoms with Gasteiger partial charge in [0.05, 0.1) is 22.5 Å². The second-order valence-corrected chi connectivity index (χ2v) is 8.32. The highest BCUT2D eigenvalue weighted by Crippen LogP contribution is 2.33. The van der Waals surface area contributed by atoms with Gasteiger partial charge in [0, 0.05) is 12.6 Å². The molecule has 0 saturated carbocycles. The predicted octanol–water partition coefficient (Wildman–Crippen LogP) is 5.61. The molecule has 0 aromatic heterocycles. The van der Waals surface area contributed by atoms with Crippen LogP contribution in [0.1, 0.15) is 43.4 Å². The molecule has 2 aromatic rings. The largest absolute Gasteiger partial charge is 0.334 e. The first-order valence-electron chi connectivity index (χ1n) is 9.99. The van der Waals surface area contributed by atoms with Gasteiger partial charge in [0.25, 0.3) is 0 Å². The van der Waals surface area contributed by atoms with Crippen molar-refractivity contribution in [3.05, 3.63) is 69.7 Å². The molecule has 2 unspecified atom stereocenters. The molecule has 3 rings (SSSR count). The maximum Gasteiger partial charge on any atom is 0.227 e. The normalized spacial score (nSPS) is 18.6. The van der Waals surface area contributed by atoms with Crippen molar-refractivity contribution in [1.29, 1.82) is 0 Å². The number of hydrogen-bond acceptors (Lipinski definition) is 2. The Morgan fingerprint density at radius 3 is 2.54 bits per heavy atom. The Hall–Kier alpha value is -1.55. The maximum atomic E-state index is 13.3. The van der Waals surface area contributed by atoms with Crippen molar-refractivity contribution in [2.24, 2.45) is 0 Å². The van der Waals surface area contributed by atoms with Crippen LogP contribution in [-0.2, 0) is 11.2 Å². The topological polar surface area (TPSA) is 23.6 Å². The second kappa shape index (κ2) is 9.78. The molecular formula is C23H28Cl2N2O. The average Bonchev–Trinajstić information content (AvgIpc) is 2.70. The van der Waals surface area contributed by atoms with E-state index in [4.69, 9.17) is 23.2 Å². The molecule has 3 nitrogen and oxygen atoms in total. The van der Waals surface area contributed by atoms with Gasteiger partial charge in [0.1, 0.15) is 0 Å². The third kappa shape index (κ3) is 4.89. The van der Waals surface area contributed by atoms with Crippen LogP contribution in [0, 0.1) is 0 Å². The molecule has 0 aliphatic carbocycles. The fraction of sp³-hybridized carbons (Fsp3) is 0.435. The smallest absolute Gasteiger partial charge is 0.227 e. The molecule has 1 aliphatic rings. The van der Waals surface area contributed by atoms with Gasteiger partial charge in [-0.25, -0.2) is 0 Å². The van der Waals surface area contributed by atoms with E-state index in [1.54, 1.807) is 12.1 Å². The molecule has 0 radical (unpaired) electrons. The lowest BCUT2D eigenvalue weighted by Crippen LogP contribution is -2.49. The van der Waals surface area contributed by atoms with Crippen LogP contribution in [-0.4, -0.2) is 41.9 Å². The average molecular weight is 419 g/mol. The van der Waals surface area contributed by atoms with Crippen LogP contribution in [0.5, 0.6) is 0 Å². The van der Waals surface area contributed by atoms with Crippen LogP contribution in [0.4, 0.5) is 0 Å². The number of hydrogen-bond donors (Lipinski definition) is 0. The summed E-state index contributed by atoms with van der Waals surface area (Å²) in [6, 6.07) is 16.2. The Labute approximate surface area is 178 Å². The number of nitrogens with zero attached hydrogens (tertiary/aromatic N) is 2. The van der Waals surface area contributed by atoms with Crippen molar-refractivity contribution in [3.8, 4) is 0 Å². The number of halogens is 2. The van der Waals surface area contributed by atoms with E-state index in [-0.39, 0.29) is 11.9 Å². The monoisotopic (exact) mass is 418 g/mol. The number of benzene rings is 2. The highest BCUT2D eigenvalue weighted by Gasteiger charge is 2.34. The zero-order valence-electron chi connectivity index (χ0n) is 16.6. The summed E-state index contributed by atoms with van der Waals surface area (Å²) in [6.45, 7) is 3.81. The first-order valence-corrected chi connectivity index (χ1v) is 10.8. The van der Waals surface area contributed by atoms with Gasteiger partial charge >= 0.3 is 0 Å². The minimum atomic E-state index is 0.0479. The Balaban J connectivity index is 1.89. The minimum Gasteiger partial charge on any atom is -0.334 e. The number of likely N-dealkylation sites (tertiary alicyclic amines) is 1. The summed E-state index contributed by atoms with van der Waals surface area (Å²) in [7, 11) is 2.18. The van der Waals surface area contributed by atoms with Crippen LogP contribution in [0.3, 0.4) is 0 Å². The highest BCUT2D eigenvalue weighted by molar-refractivity contribution is 6.42. The maximum absolute atomic E-state index is 13.3. The van der Waals surface area contributed by atoms with Crippen molar-refractivity contribution < 1.29 is 4.79 Å². The Kier molecular flexibility index (Phi) is 7.39. The highest BCUT2D eigenvalue weighted by atomic mass is 35.5. The van der Waals surface area contributed by atoms with Crippen LogP contribution in [0.15, 0.2) is 48.5 Å². The van der Waals surface area contributed by atoms with Gasteiger partial charge in [-0.2, -0.15) is 0 Å². The number of carbonyl (C=O) groups excluding carboxylic acids is 1. The third-order valence-corrected chi connectivity index (χ3v) is 6.41. The van der Waals surface area contributed by atoms with Crippen LogP contribution in [0.2, 0.25) is 10.0 Å². The second-order valence-electron chi connectivity index (χ2n) is 7.50. The van der Waals surface area contributed by atoms with Crippen molar-refractivity contribution in [2.45, 2.75) is 44.7 Å². The molecule has 150 valence electrons. The summed E-state index contributed by atoms with van der Waals surface area (Å²) < 4.78 is 0. The fourth-order valence-corrected chi connectivity index (χ4v) is 4.53. The molecule has 28 heavy (non-hydrogen) atoms. The lowest BCUT2D eigenvalue weighted by molar-refractivity contribution is -0.134. The zero-order valence-corrected chi connectivity index (χ0v) is 18.1. The summed E-state index contributed by atoms with van der Waals surface area (Å²) >= 11 is 12.2. The Bertz CT molecular complexity index is 796. The first-order chi connectivity index (χ1) is 13.5. The van der Waals surface area contributed by atoms with E-state index in [1.165, 1.54) is 18.4 Å². The van der Waals surface area contributed by atoms with E-state index in [0.717, 1.165) is 18.5 Å². The summed E-state index contributed by atoms with van der Waals surface area (Å²) in [4.78, 5) is 17.8. The standard InChI is InChI=1S/C23H28Cl2N2O/c1-3-27(22(28)16-17-12-13-19(24)20(25)15-17)23(18-9-5-4-6-10-18)21-11-7-8-14-26(21)2/h4-6,9-10,12-13,15,21,23H,3,7-8,11,14,16H2,1-2H3. The number of carbonyl (C=O) groups is 1. The van der Waals surface area contributed by atoms with Gasteiger partial charge in [0.15, 0.2) is 0 Å². The fourth-order valence-electron chi connectivity index (χ4n) is 4.21. The number of rotatable bonds is 6. The van der Waals surface area contributed by atoms with Gasteiger partial charge in [-0.3, -0.25) is 4.79 Å². The molecule has 1 saturated heterocycles. The molecule has 5 heteroatoms. The molecular weight excluding hydrogens is 391 g/mol. The van der Waals surface area contributed by atoms with Crippen LogP contribution in [0.25, 0.3) is 0 Å². The van der Waals surface area contributed by atoms with Gasteiger partial charge in [0.2, 0.25) is 5.91 Å². The molecule has 0 bridgehead atoms. The molecule has 2 atom stereocenters. The molecule has 1 heterocycles. The number of amides is 1. The summed E-state index contributed by atoms with van der Waals surface area (Å²) in [5, 5.41) is 0.998. The third-order valence-electron chi connectivity index (χ3n) is 5.67. The Morgan fingerprint density at radius 1 is 1.14 bits per heavy atom. The molecule has 1 amide bonds. The van der Waals surface area contributed by atoms with E-state index in [2.05, 4.69) is 43.1 Å². The van der Waals surface area contributed by atoms with E-state index in [9.17, 15) is 4.79 Å². The van der Waals surface area contributed by atoms with E-state index < -0.39 is 0 Å². The van der Waals surface area contributed by atoms with Gasteiger partial charge < -0.3 is 9.80 Å². The van der Waals surface area contributed by atoms with E-state index in [1.807, 2.05) is 17.0 Å². The predicted molar refractivity (Wildman–Crippen MR) is 117 cm³/mol. The van der Waals surface area contributed by atoms with E-state index >= 15 is 0 Å². The zero-order chi connectivity index (χ0) is 20.1. The molecule has 1 fully saturated rings. The lowest BCUT2D eigenvalue weighted by atomic mass is 9.89. The van der Waals surface area contributed by atoms with Crippen LogP contribution < -0.4 is 0 Å². The Morgan fingerprint density at radius 2 is 1.89 bits per heavy atom. The summed E-state index contributed by atoms with van der Waals surface area (Å²) in [5.41, 5.74) is 2.09. The van der Waals surface area contributed by atoms with Gasteiger partial charge in [-0.1, -0.05) is 66.0 Å². The minimum absolute atomic E-state index is 0.0479. The van der Waals surface area contributed by atoms with Crippen LogP contribution >= 0.6 is 23.2 Å². The molecule has 1 aliphatic heterocycles. The van der Waals surface area contributed by atoms with E-state index in [0.29, 0.717) is 29.1 Å². The number of likely N-dealkylation sites (N-methyl/N-ethyl adjacent to an activating group) is 2. The molecule has 2 aromatic carbocycles. The van der Waals surface area contributed by atoms with Crippen molar-refractivity contribution in [1.82, 2.24) is 9.80 Å². The summed E-state index contributed by atoms with van der Waals surface area (Å²) in [6.07, 6.45) is 3.85. The first kappa shape index (κ1) is 21.2. The van der Waals surface area contributed by atoms with Gasteiger partial charge in [-0.15, -0.1) is 0 Å². The SMILES string of the molecule is CCN(C(=O)Cc1ccc(Cl)c(Cl)c1)C(c1ccccc1)C1CCCCN1C. The molecule has 0 N–H and O–H groups in total. The quantitative estimate of drug-likeness (QED) is 0.608. The summed E-state index contributed by atoms with van der Waals surface area (Å²) in [5.74, 6) is 0.119. The van der Waals surface area contributed by atoms with Gasteiger partial charge in [-0.05, 0) is 56.6 Å². The lowest BCUT2D eigenvalue weighted by Gasteiger charge is -2.43. The molecule has 0 spiro atoms. The van der Waals surface area contributed by atoms with Crippen molar-refractivity contribution in [2.75, 3.05) is 20.1 Å². The number of piperidine rings is 1.